The number of hydrogen-bond donors (Lipinski definition) is 8. The number of carboxylic acids is 1. The summed E-state index contributed by atoms with van der Waals surface area (Å²) < 4.78 is 0. The lowest BCUT2D eigenvalue weighted by atomic mass is 9.98. The lowest BCUT2D eigenvalue weighted by Crippen LogP contribution is -2.59. The second-order valence-corrected chi connectivity index (χ2v) is 10.1. The van der Waals surface area contributed by atoms with Gasteiger partial charge in [-0.15, -0.1) is 0 Å². The fourth-order valence-electron chi connectivity index (χ4n) is 4.21. The summed E-state index contributed by atoms with van der Waals surface area (Å²) in [5.74, 6) is -5.10. The van der Waals surface area contributed by atoms with Crippen molar-refractivity contribution in [2.45, 2.75) is 63.7 Å². The van der Waals surface area contributed by atoms with Crippen LogP contribution in [0.5, 0.6) is 0 Å². The molecule has 0 radical (unpaired) electrons. The number of amides is 6. The highest BCUT2D eigenvalue weighted by Crippen LogP contribution is 2.14. The second kappa shape index (κ2) is 15.8. The number of aliphatic carboxylic acids is 1. The molecular weight excluding hydrogens is 550 g/mol. The van der Waals surface area contributed by atoms with Gasteiger partial charge in [0.25, 0.3) is 5.91 Å². The van der Waals surface area contributed by atoms with Crippen LogP contribution in [-0.4, -0.2) is 89.4 Å². The number of rotatable bonds is 9. The first kappa shape index (κ1) is 33.3. The van der Waals surface area contributed by atoms with Crippen molar-refractivity contribution in [3.63, 3.8) is 0 Å². The summed E-state index contributed by atoms with van der Waals surface area (Å²) in [7, 11) is 1.39. The number of nitrogens with zero attached hydrogens (tertiary/aromatic N) is 2. The Bertz CT molecular complexity index is 1170. The molecule has 230 valence electrons. The number of guanidine groups is 1. The minimum absolute atomic E-state index is 0.0286. The molecule has 16 heteroatoms. The molecule has 1 aromatic carbocycles. The lowest BCUT2D eigenvalue weighted by molar-refractivity contribution is -0.144. The predicted octanol–water partition coefficient (Wildman–Crippen LogP) is -2.08. The van der Waals surface area contributed by atoms with Crippen molar-refractivity contribution in [2.75, 3.05) is 13.6 Å². The Hall–Kier alpha value is -4.89. The van der Waals surface area contributed by atoms with Gasteiger partial charge >= 0.3 is 12.0 Å². The summed E-state index contributed by atoms with van der Waals surface area (Å²) in [6.07, 6.45) is -0.433. The van der Waals surface area contributed by atoms with Crippen LogP contribution in [0.25, 0.3) is 0 Å². The Morgan fingerprint density at radius 2 is 1.62 bits per heavy atom. The second-order valence-electron chi connectivity index (χ2n) is 10.1. The van der Waals surface area contributed by atoms with Gasteiger partial charge in [-0.1, -0.05) is 44.2 Å². The zero-order chi connectivity index (χ0) is 31.4. The van der Waals surface area contributed by atoms with E-state index in [1.807, 2.05) is 0 Å². The molecule has 1 saturated heterocycles. The standard InChI is InChI=1S/C26H39N9O7/c1-14(2)20-24(41)35(3)18(12-15-8-5-4-6-9-15)23(40)30-17(13-19(36)37)22(39)33-34-26(42)31-16(21(38)32-20)10-7-11-29-25(27)28/h4-6,8-9,14,16-18,20H,7,10-13H2,1-3H3,(H,30,40)(H,32,38)(H,33,39)(H,36,37)(H4,27,28,29)(H2,31,34,42)/t16-,17-,18-,20-/m0/s1. The Labute approximate surface area is 243 Å². The highest BCUT2D eigenvalue weighted by molar-refractivity contribution is 5.97. The van der Waals surface area contributed by atoms with Crippen molar-refractivity contribution in [1.29, 1.82) is 0 Å². The van der Waals surface area contributed by atoms with E-state index < -0.39 is 72.1 Å². The third-order valence-electron chi connectivity index (χ3n) is 6.50. The van der Waals surface area contributed by atoms with E-state index in [9.17, 15) is 33.9 Å². The molecule has 1 fully saturated rings. The monoisotopic (exact) mass is 589 g/mol. The first-order chi connectivity index (χ1) is 19.8. The van der Waals surface area contributed by atoms with E-state index in [0.29, 0.717) is 5.56 Å². The molecule has 0 aliphatic carbocycles. The number of carbonyl (C=O) groups excluding carboxylic acids is 5. The largest absolute Gasteiger partial charge is 0.481 e. The number of hydrogen-bond acceptors (Lipinski definition) is 7. The Morgan fingerprint density at radius 3 is 2.21 bits per heavy atom. The van der Waals surface area contributed by atoms with Crippen LogP contribution >= 0.6 is 0 Å². The molecule has 0 spiro atoms. The normalized spacial score (nSPS) is 22.5. The van der Waals surface area contributed by atoms with Crippen LogP contribution < -0.4 is 38.3 Å². The van der Waals surface area contributed by atoms with Crippen molar-refractivity contribution in [2.24, 2.45) is 22.4 Å². The molecule has 1 aliphatic rings. The zero-order valence-corrected chi connectivity index (χ0v) is 23.8. The molecule has 0 bridgehead atoms. The maximum Gasteiger partial charge on any atom is 0.334 e. The van der Waals surface area contributed by atoms with Gasteiger partial charge in [0, 0.05) is 20.0 Å². The van der Waals surface area contributed by atoms with E-state index in [0.717, 1.165) is 4.90 Å². The Balaban J connectivity index is 2.50. The highest BCUT2D eigenvalue weighted by atomic mass is 16.4. The van der Waals surface area contributed by atoms with Gasteiger partial charge in [0.2, 0.25) is 17.7 Å². The van der Waals surface area contributed by atoms with Crippen LogP contribution in [0.1, 0.15) is 38.7 Å². The van der Waals surface area contributed by atoms with Gasteiger partial charge in [0.1, 0.15) is 24.2 Å². The van der Waals surface area contributed by atoms with Crippen LogP contribution in [0.3, 0.4) is 0 Å². The summed E-state index contributed by atoms with van der Waals surface area (Å²) in [5, 5.41) is 16.8. The van der Waals surface area contributed by atoms with E-state index in [1.165, 1.54) is 7.05 Å². The topological polar surface area (TPSA) is 250 Å². The number of nitrogens with one attached hydrogen (secondary N) is 5. The van der Waals surface area contributed by atoms with E-state index in [-0.39, 0.29) is 31.8 Å². The summed E-state index contributed by atoms with van der Waals surface area (Å²) in [6.45, 7) is 3.57. The first-order valence-corrected chi connectivity index (χ1v) is 13.3. The Kier molecular flexibility index (Phi) is 12.5. The number of nitrogens with two attached hydrogens (primary N) is 2. The van der Waals surface area contributed by atoms with Gasteiger partial charge in [-0.25, -0.2) is 10.2 Å². The quantitative estimate of drug-likeness (QED) is 0.0893. The zero-order valence-electron chi connectivity index (χ0n) is 23.8. The predicted molar refractivity (Wildman–Crippen MR) is 151 cm³/mol. The van der Waals surface area contributed by atoms with Gasteiger partial charge in [-0.2, -0.15) is 0 Å². The molecular formula is C26H39N9O7. The van der Waals surface area contributed by atoms with Gasteiger partial charge in [0.15, 0.2) is 5.96 Å². The van der Waals surface area contributed by atoms with Crippen LogP contribution in [0.4, 0.5) is 4.79 Å². The van der Waals surface area contributed by atoms with Crippen LogP contribution in [0.15, 0.2) is 35.3 Å². The van der Waals surface area contributed by atoms with Gasteiger partial charge in [-0.3, -0.25) is 34.4 Å². The number of aliphatic imine (C=N–C) groups is 1. The SMILES string of the molecule is CC(C)[C@@H]1NC(=O)[C@H](CCCN=C(N)N)NC(=O)NNC(=O)[C@H](CC(=O)O)NC(=O)[C@H](Cc2ccccc2)N(C)C1=O. The third kappa shape index (κ3) is 10.3. The van der Waals surface area contributed by atoms with Gasteiger partial charge in [-0.05, 0) is 24.3 Å². The molecule has 16 nitrogen and oxygen atoms in total. The maximum absolute atomic E-state index is 13.8. The minimum Gasteiger partial charge on any atom is -0.481 e. The van der Waals surface area contributed by atoms with E-state index in [2.05, 4.69) is 31.8 Å². The molecule has 1 aliphatic heterocycles. The molecule has 1 aromatic rings. The Morgan fingerprint density at radius 1 is 0.952 bits per heavy atom. The summed E-state index contributed by atoms with van der Waals surface area (Å²) in [4.78, 5) is 82.5. The third-order valence-corrected chi connectivity index (χ3v) is 6.50. The van der Waals surface area contributed by atoms with Crippen molar-refractivity contribution in [1.82, 2.24) is 31.7 Å². The molecule has 42 heavy (non-hydrogen) atoms. The average molecular weight is 590 g/mol. The summed E-state index contributed by atoms with van der Waals surface area (Å²) in [5.41, 5.74) is 15.5. The maximum atomic E-state index is 13.8. The highest BCUT2D eigenvalue weighted by Gasteiger charge is 2.37. The van der Waals surface area contributed by atoms with E-state index in [1.54, 1.807) is 44.2 Å². The fourth-order valence-corrected chi connectivity index (χ4v) is 4.21. The number of hydrazine groups is 1. The van der Waals surface area contributed by atoms with Crippen LogP contribution in [0.2, 0.25) is 0 Å². The first-order valence-electron chi connectivity index (χ1n) is 13.3. The molecule has 2 rings (SSSR count). The van der Waals surface area contributed by atoms with Crippen molar-refractivity contribution in [3.8, 4) is 0 Å². The van der Waals surface area contributed by atoms with E-state index in [4.69, 9.17) is 11.5 Å². The number of carboxylic acid groups (broad SMARTS) is 1. The van der Waals surface area contributed by atoms with Gasteiger partial charge in [0.05, 0.1) is 6.42 Å². The summed E-state index contributed by atoms with van der Waals surface area (Å²) in [6, 6.07) is 2.73. The average Bonchev–Trinajstić information content (AvgIpc) is 2.93. The lowest BCUT2D eigenvalue weighted by Gasteiger charge is -2.33. The molecule has 0 aromatic heterocycles. The number of carbonyl (C=O) groups is 6. The number of urea groups is 1. The van der Waals surface area contributed by atoms with Crippen molar-refractivity contribution in [3.05, 3.63) is 35.9 Å². The van der Waals surface area contributed by atoms with Crippen LogP contribution in [-0.2, 0) is 30.4 Å². The molecule has 10 N–H and O–H groups in total. The summed E-state index contributed by atoms with van der Waals surface area (Å²) >= 11 is 0. The van der Waals surface area contributed by atoms with Crippen molar-refractivity contribution < 1.29 is 33.9 Å². The number of benzene rings is 1. The number of likely N-dealkylation sites (N-methyl/N-ethyl adjacent to an activating group) is 1. The molecule has 0 saturated carbocycles. The minimum atomic E-state index is -1.60. The smallest absolute Gasteiger partial charge is 0.334 e. The molecule has 1 heterocycles. The van der Waals surface area contributed by atoms with Crippen molar-refractivity contribution >= 4 is 41.6 Å². The molecule has 6 amide bonds. The van der Waals surface area contributed by atoms with Gasteiger partial charge < -0.3 is 37.4 Å². The fraction of sp³-hybridized carbons (Fsp3) is 0.500. The van der Waals surface area contributed by atoms with Crippen LogP contribution in [0, 0.1) is 5.92 Å². The van der Waals surface area contributed by atoms with E-state index >= 15 is 0 Å². The molecule has 0 unspecified atom stereocenters. The molecule has 4 atom stereocenters.